The van der Waals surface area contributed by atoms with Gasteiger partial charge in [0.15, 0.2) is 5.15 Å². The normalized spacial score (nSPS) is 10.8. The SMILES string of the molecule is Clc1cnc(COc2cnc3c(Cl)nccc3c2)s1. The fourth-order valence-corrected chi connectivity index (χ4v) is 2.67. The summed E-state index contributed by atoms with van der Waals surface area (Å²) < 4.78 is 6.26. The molecule has 3 rings (SSSR count). The molecule has 3 heterocycles. The average molecular weight is 312 g/mol. The van der Waals surface area contributed by atoms with Gasteiger partial charge in [-0.2, -0.15) is 0 Å². The summed E-state index contributed by atoms with van der Waals surface area (Å²) in [6.45, 7) is 0.364. The summed E-state index contributed by atoms with van der Waals surface area (Å²) in [4.78, 5) is 12.3. The topological polar surface area (TPSA) is 47.9 Å². The van der Waals surface area contributed by atoms with Crippen molar-refractivity contribution < 1.29 is 4.74 Å². The van der Waals surface area contributed by atoms with Crippen LogP contribution in [-0.4, -0.2) is 15.0 Å². The van der Waals surface area contributed by atoms with Crippen LogP contribution in [0.5, 0.6) is 5.75 Å². The van der Waals surface area contributed by atoms with Gasteiger partial charge in [-0.1, -0.05) is 23.2 Å². The zero-order valence-corrected chi connectivity index (χ0v) is 11.8. The van der Waals surface area contributed by atoms with E-state index in [1.54, 1.807) is 18.6 Å². The van der Waals surface area contributed by atoms with Crippen molar-refractivity contribution in [2.75, 3.05) is 0 Å². The minimum atomic E-state index is 0.364. The van der Waals surface area contributed by atoms with E-state index in [1.165, 1.54) is 11.3 Å². The van der Waals surface area contributed by atoms with E-state index in [4.69, 9.17) is 27.9 Å². The Morgan fingerprint density at radius 2 is 2.05 bits per heavy atom. The van der Waals surface area contributed by atoms with E-state index in [-0.39, 0.29) is 0 Å². The first-order chi connectivity index (χ1) is 9.22. The van der Waals surface area contributed by atoms with E-state index in [1.807, 2.05) is 12.1 Å². The Bertz CT molecular complexity index is 732. The highest BCUT2D eigenvalue weighted by Gasteiger charge is 2.05. The summed E-state index contributed by atoms with van der Waals surface area (Å²) in [5.74, 6) is 0.654. The molecule has 3 aromatic heterocycles. The molecule has 0 saturated carbocycles. The first kappa shape index (κ1) is 12.6. The average Bonchev–Trinajstić information content (AvgIpc) is 2.82. The van der Waals surface area contributed by atoms with Crippen LogP contribution in [0.1, 0.15) is 5.01 Å². The standard InChI is InChI=1S/C12H7Cl2N3OS/c13-9-5-16-10(19-9)6-18-8-3-7-1-2-15-12(14)11(7)17-4-8/h1-5H,6H2. The number of halogens is 2. The Morgan fingerprint density at radius 1 is 1.16 bits per heavy atom. The van der Waals surface area contributed by atoms with Gasteiger partial charge in [0.25, 0.3) is 0 Å². The van der Waals surface area contributed by atoms with E-state index >= 15 is 0 Å². The molecule has 0 N–H and O–H groups in total. The van der Waals surface area contributed by atoms with Gasteiger partial charge in [-0.05, 0) is 12.1 Å². The molecule has 0 aliphatic carbocycles. The van der Waals surface area contributed by atoms with Crippen LogP contribution in [0, 0.1) is 0 Å². The first-order valence-corrected chi connectivity index (χ1v) is 6.93. The molecule has 0 atom stereocenters. The summed E-state index contributed by atoms with van der Waals surface area (Å²) in [5.41, 5.74) is 0.661. The molecule has 19 heavy (non-hydrogen) atoms. The summed E-state index contributed by atoms with van der Waals surface area (Å²) in [6, 6.07) is 3.70. The van der Waals surface area contributed by atoms with E-state index in [9.17, 15) is 0 Å². The Morgan fingerprint density at radius 3 is 2.84 bits per heavy atom. The van der Waals surface area contributed by atoms with E-state index < -0.39 is 0 Å². The van der Waals surface area contributed by atoms with Crippen molar-refractivity contribution in [3.05, 3.63) is 45.2 Å². The lowest BCUT2D eigenvalue weighted by Crippen LogP contribution is -1.95. The lowest BCUT2D eigenvalue weighted by molar-refractivity contribution is 0.305. The number of ether oxygens (including phenoxy) is 1. The van der Waals surface area contributed by atoms with Gasteiger partial charge in [-0.25, -0.2) is 15.0 Å². The Kier molecular flexibility index (Phi) is 3.50. The molecule has 0 aromatic carbocycles. The number of aromatic nitrogens is 3. The van der Waals surface area contributed by atoms with Gasteiger partial charge < -0.3 is 4.74 Å². The molecule has 7 heteroatoms. The highest BCUT2D eigenvalue weighted by atomic mass is 35.5. The molecule has 0 fully saturated rings. The highest BCUT2D eigenvalue weighted by Crippen LogP contribution is 2.24. The predicted octanol–water partition coefficient (Wildman–Crippen LogP) is 3.97. The van der Waals surface area contributed by atoms with Gasteiger partial charge in [0.2, 0.25) is 0 Å². The lowest BCUT2D eigenvalue weighted by atomic mass is 10.2. The van der Waals surface area contributed by atoms with Crippen LogP contribution in [0.2, 0.25) is 9.49 Å². The maximum atomic E-state index is 5.95. The smallest absolute Gasteiger partial charge is 0.155 e. The number of nitrogens with zero attached hydrogens (tertiary/aromatic N) is 3. The first-order valence-electron chi connectivity index (χ1n) is 5.35. The van der Waals surface area contributed by atoms with Crippen molar-refractivity contribution in [1.29, 1.82) is 0 Å². The molecule has 0 aliphatic heterocycles. The molecule has 0 saturated heterocycles. The summed E-state index contributed by atoms with van der Waals surface area (Å²) in [6.07, 6.45) is 4.86. The molecule has 3 aromatic rings. The second kappa shape index (κ2) is 5.28. The van der Waals surface area contributed by atoms with Crippen LogP contribution >= 0.6 is 34.5 Å². The van der Waals surface area contributed by atoms with Gasteiger partial charge in [0.05, 0.1) is 12.4 Å². The summed E-state index contributed by atoms with van der Waals surface area (Å²) in [5, 5.41) is 2.09. The molecule has 0 spiro atoms. The monoisotopic (exact) mass is 311 g/mol. The van der Waals surface area contributed by atoms with Gasteiger partial charge in [0.1, 0.15) is 27.2 Å². The fourth-order valence-electron chi connectivity index (χ4n) is 1.58. The minimum absolute atomic E-state index is 0.364. The minimum Gasteiger partial charge on any atom is -0.485 e. The van der Waals surface area contributed by atoms with Crippen LogP contribution in [0.3, 0.4) is 0 Å². The van der Waals surface area contributed by atoms with Gasteiger partial charge in [0, 0.05) is 11.6 Å². The second-order valence-corrected chi connectivity index (χ2v) is 5.80. The zero-order chi connectivity index (χ0) is 13.2. The van der Waals surface area contributed by atoms with Crippen molar-refractivity contribution >= 4 is 45.4 Å². The quantitative estimate of drug-likeness (QED) is 0.687. The molecule has 4 nitrogen and oxygen atoms in total. The summed E-state index contributed by atoms with van der Waals surface area (Å²) in [7, 11) is 0. The van der Waals surface area contributed by atoms with Crippen LogP contribution in [0.25, 0.3) is 10.9 Å². The highest BCUT2D eigenvalue weighted by molar-refractivity contribution is 7.15. The van der Waals surface area contributed by atoms with Gasteiger partial charge >= 0.3 is 0 Å². The number of thiazole rings is 1. The summed E-state index contributed by atoms with van der Waals surface area (Å²) >= 11 is 13.1. The third-order valence-electron chi connectivity index (χ3n) is 2.42. The molecular formula is C12H7Cl2N3OS. The maximum Gasteiger partial charge on any atom is 0.155 e. The second-order valence-electron chi connectivity index (χ2n) is 3.69. The lowest BCUT2D eigenvalue weighted by Gasteiger charge is -2.05. The Labute approximate surface area is 123 Å². The van der Waals surface area contributed by atoms with Crippen LogP contribution in [0.15, 0.2) is 30.7 Å². The van der Waals surface area contributed by atoms with Crippen molar-refractivity contribution in [3.63, 3.8) is 0 Å². The molecule has 96 valence electrons. The Balaban J connectivity index is 1.82. The number of pyridine rings is 2. The molecule has 0 bridgehead atoms. The molecular weight excluding hydrogens is 305 g/mol. The van der Waals surface area contributed by atoms with Gasteiger partial charge in [-0.15, -0.1) is 11.3 Å². The van der Waals surface area contributed by atoms with E-state index in [2.05, 4.69) is 15.0 Å². The molecule has 0 radical (unpaired) electrons. The number of hydrogen-bond donors (Lipinski definition) is 0. The largest absolute Gasteiger partial charge is 0.485 e. The van der Waals surface area contributed by atoms with E-state index in [0.29, 0.717) is 27.4 Å². The molecule has 0 amide bonds. The Hall–Kier alpha value is -1.43. The molecule has 0 aliphatic rings. The van der Waals surface area contributed by atoms with Gasteiger partial charge in [-0.3, -0.25) is 0 Å². The predicted molar refractivity (Wildman–Crippen MR) is 76.0 cm³/mol. The zero-order valence-electron chi connectivity index (χ0n) is 9.51. The van der Waals surface area contributed by atoms with Crippen LogP contribution in [-0.2, 0) is 6.61 Å². The van der Waals surface area contributed by atoms with Crippen molar-refractivity contribution in [2.45, 2.75) is 6.61 Å². The fraction of sp³-hybridized carbons (Fsp3) is 0.0833. The van der Waals surface area contributed by atoms with Crippen molar-refractivity contribution in [2.24, 2.45) is 0 Å². The van der Waals surface area contributed by atoms with Crippen LogP contribution in [0.4, 0.5) is 0 Å². The maximum absolute atomic E-state index is 5.95. The molecule has 0 unspecified atom stereocenters. The number of fused-ring (bicyclic) bond motifs is 1. The van der Waals surface area contributed by atoms with Crippen LogP contribution < -0.4 is 4.74 Å². The van der Waals surface area contributed by atoms with Crippen molar-refractivity contribution in [1.82, 2.24) is 15.0 Å². The third-order valence-corrected chi connectivity index (χ3v) is 3.78. The van der Waals surface area contributed by atoms with E-state index in [0.717, 1.165) is 10.4 Å². The number of hydrogen-bond acceptors (Lipinski definition) is 5. The third kappa shape index (κ3) is 2.78. The van der Waals surface area contributed by atoms with Crippen molar-refractivity contribution in [3.8, 4) is 5.75 Å². The number of rotatable bonds is 3.